The van der Waals surface area contributed by atoms with Crippen LogP contribution in [0.25, 0.3) is 0 Å². The molecule has 1 aliphatic carbocycles. The first-order valence-electron chi connectivity index (χ1n) is 12.1. The third-order valence-electron chi connectivity index (χ3n) is 6.36. The van der Waals surface area contributed by atoms with Crippen molar-refractivity contribution >= 4 is 23.6 Å². The number of nitrogens with one attached hydrogen (secondary N) is 3. The van der Waals surface area contributed by atoms with Crippen LogP contribution in [0.15, 0.2) is 30.5 Å². The van der Waals surface area contributed by atoms with E-state index in [-0.39, 0.29) is 11.8 Å². The third kappa shape index (κ3) is 6.43. The second-order valence-corrected chi connectivity index (χ2v) is 9.01. The molecule has 2 amide bonds. The highest BCUT2D eigenvalue weighted by molar-refractivity contribution is 5.98. The highest BCUT2D eigenvalue weighted by Crippen LogP contribution is 2.24. The van der Waals surface area contributed by atoms with Crippen LogP contribution in [0.3, 0.4) is 0 Å². The van der Waals surface area contributed by atoms with Crippen LogP contribution >= 0.6 is 0 Å². The SMILES string of the molecule is Cc1ccc(CNc2ncc(C(=O)NCCCN3CCCC3=O)c(NC3CCCC3)n2)cc1. The summed E-state index contributed by atoms with van der Waals surface area (Å²) in [5, 5.41) is 9.71. The summed E-state index contributed by atoms with van der Waals surface area (Å²) in [6.45, 7) is 4.71. The number of nitrogens with zero attached hydrogens (tertiary/aromatic N) is 3. The molecule has 8 nitrogen and oxygen atoms in total. The summed E-state index contributed by atoms with van der Waals surface area (Å²) >= 11 is 0. The Morgan fingerprint density at radius 3 is 2.67 bits per heavy atom. The molecule has 33 heavy (non-hydrogen) atoms. The van der Waals surface area contributed by atoms with Crippen molar-refractivity contribution in [3.63, 3.8) is 0 Å². The van der Waals surface area contributed by atoms with Gasteiger partial charge in [0.2, 0.25) is 11.9 Å². The molecule has 0 atom stereocenters. The third-order valence-corrected chi connectivity index (χ3v) is 6.36. The zero-order chi connectivity index (χ0) is 23.0. The highest BCUT2D eigenvalue weighted by Gasteiger charge is 2.21. The van der Waals surface area contributed by atoms with Crippen LogP contribution < -0.4 is 16.0 Å². The van der Waals surface area contributed by atoms with Gasteiger partial charge in [0.05, 0.1) is 0 Å². The summed E-state index contributed by atoms with van der Waals surface area (Å²) in [6.07, 6.45) is 8.46. The smallest absolute Gasteiger partial charge is 0.256 e. The first kappa shape index (κ1) is 23.0. The van der Waals surface area contributed by atoms with Crippen LogP contribution in [0.1, 0.15) is 66.4 Å². The number of likely N-dealkylation sites (tertiary alicyclic amines) is 1. The van der Waals surface area contributed by atoms with E-state index >= 15 is 0 Å². The van der Waals surface area contributed by atoms with Gasteiger partial charge in [0.25, 0.3) is 5.91 Å². The Morgan fingerprint density at radius 1 is 1.15 bits per heavy atom. The number of rotatable bonds is 10. The summed E-state index contributed by atoms with van der Waals surface area (Å²) in [6, 6.07) is 8.66. The summed E-state index contributed by atoms with van der Waals surface area (Å²) in [4.78, 5) is 35.5. The molecular weight excluding hydrogens is 416 g/mol. The molecule has 0 bridgehead atoms. The van der Waals surface area contributed by atoms with E-state index in [9.17, 15) is 9.59 Å². The largest absolute Gasteiger partial charge is 0.367 e. The lowest BCUT2D eigenvalue weighted by molar-refractivity contribution is -0.127. The Bertz CT molecular complexity index is 956. The van der Waals surface area contributed by atoms with Crippen LogP contribution in [-0.4, -0.2) is 52.4 Å². The lowest BCUT2D eigenvalue weighted by atomic mass is 10.1. The first-order chi connectivity index (χ1) is 16.1. The monoisotopic (exact) mass is 450 g/mol. The number of amides is 2. The predicted octanol–water partition coefficient (Wildman–Crippen LogP) is 3.49. The lowest BCUT2D eigenvalue weighted by Crippen LogP contribution is -2.31. The Hall–Kier alpha value is -3.16. The van der Waals surface area contributed by atoms with Crippen molar-refractivity contribution in [2.75, 3.05) is 30.3 Å². The minimum Gasteiger partial charge on any atom is -0.367 e. The van der Waals surface area contributed by atoms with Crippen molar-refractivity contribution in [2.45, 2.75) is 64.5 Å². The van der Waals surface area contributed by atoms with E-state index in [0.29, 0.717) is 49.4 Å². The van der Waals surface area contributed by atoms with Crippen LogP contribution in [0.5, 0.6) is 0 Å². The molecular formula is C25H34N6O2. The van der Waals surface area contributed by atoms with Gasteiger partial charge in [-0.25, -0.2) is 4.98 Å². The van der Waals surface area contributed by atoms with Crippen molar-refractivity contribution in [3.05, 3.63) is 47.2 Å². The normalized spacial score (nSPS) is 16.3. The van der Waals surface area contributed by atoms with Gasteiger partial charge in [-0.15, -0.1) is 0 Å². The van der Waals surface area contributed by atoms with Crippen LogP contribution in [0.4, 0.5) is 11.8 Å². The molecule has 1 aliphatic heterocycles. The Labute approximate surface area is 195 Å². The number of hydrogen-bond donors (Lipinski definition) is 3. The Kier molecular flexibility index (Phi) is 7.75. The van der Waals surface area contributed by atoms with Gasteiger partial charge in [-0.05, 0) is 38.2 Å². The molecule has 1 aromatic carbocycles. The van der Waals surface area contributed by atoms with Crippen molar-refractivity contribution < 1.29 is 9.59 Å². The molecule has 0 spiro atoms. The lowest BCUT2D eigenvalue weighted by Gasteiger charge is -2.18. The second kappa shape index (κ2) is 11.1. The number of hydrogen-bond acceptors (Lipinski definition) is 6. The van der Waals surface area contributed by atoms with Gasteiger partial charge in [0, 0.05) is 44.8 Å². The maximum atomic E-state index is 12.9. The predicted molar refractivity (Wildman–Crippen MR) is 129 cm³/mol. The molecule has 8 heteroatoms. The number of aromatic nitrogens is 2. The van der Waals surface area contributed by atoms with E-state index in [0.717, 1.165) is 37.8 Å². The number of carbonyl (C=O) groups excluding carboxylic acids is 2. The van der Waals surface area contributed by atoms with Gasteiger partial charge in [-0.2, -0.15) is 4.98 Å². The molecule has 0 radical (unpaired) electrons. The van der Waals surface area contributed by atoms with Crippen LogP contribution in [0, 0.1) is 6.92 Å². The molecule has 2 heterocycles. The molecule has 0 unspecified atom stereocenters. The molecule has 1 aromatic heterocycles. The van der Waals surface area contributed by atoms with E-state index in [1.165, 1.54) is 18.4 Å². The molecule has 2 aliphatic rings. The maximum absolute atomic E-state index is 12.9. The van der Waals surface area contributed by atoms with Crippen LogP contribution in [-0.2, 0) is 11.3 Å². The van der Waals surface area contributed by atoms with Crippen molar-refractivity contribution in [1.29, 1.82) is 0 Å². The summed E-state index contributed by atoms with van der Waals surface area (Å²) in [5.74, 6) is 1.11. The summed E-state index contributed by atoms with van der Waals surface area (Å²) < 4.78 is 0. The van der Waals surface area contributed by atoms with Gasteiger partial charge in [-0.1, -0.05) is 42.7 Å². The van der Waals surface area contributed by atoms with Gasteiger partial charge in [-0.3, -0.25) is 9.59 Å². The second-order valence-electron chi connectivity index (χ2n) is 9.01. The topological polar surface area (TPSA) is 99.3 Å². The zero-order valence-electron chi connectivity index (χ0n) is 19.4. The number of benzene rings is 1. The fourth-order valence-electron chi connectivity index (χ4n) is 4.40. The summed E-state index contributed by atoms with van der Waals surface area (Å²) in [5.41, 5.74) is 2.83. The standard InChI is InChI=1S/C25H34N6O2/c1-18-9-11-19(12-10-18)16-27-25-28-17-21(23(30-25)29-20-6-2-3-7-20)24(33)26-13-5-15-31-14-4-8-22(31)32/h9-12,17,20H,2-8,13-16H2,1H3,(H,26,33)(H2,27,28,29,30). The Morgan fingerprint density at radius 2 is 1.94 bits per heavy atom. The fraction of sp³-hybridized carbons (Fsp3) is 0.520. The highest BCUT2D eigenvalue weighted by atomic mass is 16.2. The quantitative estimate of drug-likeness (QED) is 0.479. The van der Waals surface area contributed by atoms with E-state index in [4.69, 9.17) is 0 Å². The van der Waals surface area contributed by atoms with Crippen LogP contribution in [0.2, 0.25) is 0 Å². The molecule has 176 valence electrons. The molecule has 4 rings (SSSR count). The Balaban J connectivity index is 1.37. The molecule has 1 saturated heterocycles. The molecule has 3 N–H and O–H groups in total. The van der Waals surface area contributed by atoms with Gasteiger partial charge < -0.3 is 20.9 Å². The van der Waals surface area contributed by atoms with E-state index in [1.807, 2.05) is 4.90 Å². The van der Waals surface area contributed by atoms with Crippen molar-refractivity contribution in [1.82, 2.24) is 20.2 Å². The zero-order valence-corrected chi connectivity index (χ0v) is 19.4. The molecule has 1 saturated carbocycles. The van der Waals surface area contributed by atoms with E-state index in [2.05, 4.69) is 57.1 Å². The van der Waals surface area contributed by atoms with E-state index in [1.54, 1.807) is 6.20 Å². The minimum absolute atomic E-state index is 0.187. The minimum atomic E-state index is -0.187. The van der Waals surface area contributed by atoms with Gasteiger partial charge in [0.1, 0.15) is 11.4 Å². The number of anilines is 2. The first-order valence-corrected chi connectivity index (χ1v) is 12.1. The van der Waals surface area contributed by atoms with Gasteiger partial charge >= 0.3 is 0 Å². The maximum Gasteiger partial charge on any atom is 0.256 e. The average molecular weight is 451 g/mol. The van der Waals surface area contributed by atoms with E-state index < -0.39 is 0 Å². The van der Waals surface area contributed by atoms with Gasteiger partial charge in [0.15, 0.2) is 0 Å². The van der Waals surface area contributed by atoms with Crippen molar-refractivity contribution in [3.8, 4) is 0 Å². The number of aryl methyl sites for hydroxylation is 1. The molecule has 2 fully saturated rings. The average Bonchev–Trinajstić information content (AvgIpc) is 3.48. The fourth-order valence-corrected chi connectivity index (χ4v) is 4.40. The molecule has 2 aromatic rings. The number of carbonyl (C=O) groups is 2. The summed E-state index contributed by atoms with van der Waals surface area (Å²) in [7, 11) is 0. The van der Waals surface area contributed by atoms with Crippen molar-refractivity contribution in [2.24, 2.45) is 0 Å².